The van der Waals surface area contributed by atoms with Gasteiger partial charge in [-0.1, -0.05) is 0 Å². The van der Waals surface area contributed by atoms with Gasteiger partial charge in [-0.15, -0.1) is 0 Å². The maximum atomic E-state index is 11.6. The molecule has 60 heavy (non-hydrogen) atoms. The number of aromatic amines is 4. The van der Waals surface area contributed by atoms with E-state index in [2.05, 4.69) is 45.4 Å². The van der Waals surface area contributed by atoms with Crippen LogP contribution in [0, 0.1) is 0 Å². The second-order valence-corrected chi connectivity index (χ2v) is 12.0. The molecule has 10 N–H and O–H groups in total. The molecule has 0 fully saturated rings. The van der Waals surface area contributed by atoms with Crippen LogP contribution in [0.1, 0.15) is 55.8 Å². The lowest BCUT2D eigenvalue weighted by atomic mass is 10.4. The molecule has 8 aromatic heterocycles. The number of nitrogens with two attached hydrogens (primary N) is 1. The molecule has 8 rings (SSSR count). The molecule has 0 spiro atoms. The van der Waals surface area contributed by atoms with Crippen molar-refractivity contribution in [2.75, 3.05) is 32.8 Å². The minimum Gasteiger partial charge on any atom is -0.477 e. The first-order valence-corrected chi connectivity index (χ1v) is 17.8. The zero-order valence-corrected chi connectivity index (χ0v) is 31.8. The molecule has 0 bridgehead atoms. The van der Waals surface area contributed by atoms with E-state index in [0.29, 0.717) is 58.1 Å². The summed E-state index contributed by atoms with van der Waals surface area (Å²) >= 11 is 0. The number of hydrogen-bond acceptors (Lipinski definition) is 13. The van der Waals surface area contributed by atoms with Crippen molar-refractivity contribution >= 4 is 85.9 Å². The summed E-state index contributed by atoms with van der Waals surface area (Å²) in [4.78, 5) is 88.9. The number of carbonyl (C=O) groups excluding carboxylic acids is 6. The lowest BCUT2D eigenvalue weighted by Gasteiger charge is -2.02. The fourth-order valence-electron chi connectivity index (χ4n) is 5.06. The lowest BCUT2D eigenvalue weighted by molar-refractivity contribution is -0.142. The highest BCUT2D eigenvalue weighted by Gasteiger charge is 2.15. The normalized spacial score (nSPS) is 10.4. The maximum Gasteiger partial charge on any atom is 0.352 e. The predicted molar refractivity (Wildman–Crippen MR) is 209 cm³/mol. The summed E-state index contributed by atoms with van der Waals surface area (Å²) in [5, 5.41) is 15.8. The van der Waals surface area contributed by atoms with Crippen LogP contribution in [0.25, 0.3) is 44.4 Å². The first-order chi connectivity index (χ1) is 28.8. The molecular weight excluding hydrogens is 792 g/mol. The fraction of sp³-hybridized carbons (Fsp3) is 0.184. The van der Waals surface area contributed by atoms with Crippen LogP contribution in [0.2, 0.25) is 0 Å². The summed E-state index contributed by atoms with van der Waals surface area (Å²) in [6.07, 6.45) is 6.09. The average molecular weight is 831 g/mol. The average Bonchev–Trinajstić information content (AvgIpc) is 4.05. The number of esters is 2. The molecule has 22 nitrogen and oxygen atoms in total. The zero-order valence-electron chi connectivity index (χ0n) is 31.8. The summed E-state index contributed by atoms with van der Waals surface area (Å²) < 4.78 is 29.6. The molecule has 314 valence electrons. The summed E-state index contributed by atoms with van der Waals surface area (Å²) in [7, 11) is 0. The molecule has 0 atom stereocenters. The number of aromatic carboxylic acids is 1. The van der Waals surface area contributed by atoms with E-state index in [-0.39, 0.29) is 43.0 Å². The number of rotatable bonds is 12. The van der Waals surface area contributed by atoms with Crippen molar-refractivity contribution in [1.29, 1.82) is 0 Å². The molecule has 0 aliphatic carbocycles. The highest BCUT2D eigenvalue weighted by atomic mass is 16.5. The van der Waals surface area contributed by atoms with Gasteiger partial charge in [-0.05, 0) is 13.8 Å². The second-order valence-electron chi connectivity index (χ2n) is 12.0. The van der Waals surface area contributed by atoms with E-state index in [0.717, 1.165) is 16.6 Å². The SMILES string of the molecule is CCOC(=O)CNC(=O)c1cc2occc2[nH]1.CCOC(=O)CNC(=O)c1cc2occc2[nH]1.NC(=O)CNC(=O)c1cc2occc2[nH]1.O=C(O)c1cc2occc2[nH]1. The number of primary amides is 1. The third kappa shape index (κ3) is 11.6. The predicted octanol–water partition coefficient (Wildman–Crippen LogP) is 3.54. The van der Waals surface area contributed by atoms with Crippen LogP contribution in [0.15, 0.2) is 91.3 Å². The van der Waals surface area contributed by atoms with Crippen molar-refractivity contribution in [3.05, 3.63) is 96.4 Å². The number of carboxylic acids is 1. The van der Waals surface area contributed by atoms with Crippen molar-refractivity contribution in [2.24, 2.45) is 5.73 Å². The first kappa shape index (κ1) is 42.7. The van der Waals surface area contributed by atoms with E-state index in [1.54, 1.807) is 56.3 Å². The van der Waals surface area contributed by atoms with E-state index in [1.165, 1.54) is 31.1 Å². The van der Waals surface area contributed by atoms with Gasteiger partial charge in [-0.3, -0.25) is 28.8 Å². The number of amides is 4. The molecule has 0 unspecified atom stereocenters. The van der Waals surface area contributed by atoms with Gasteiger partial charge in [0.2, 0.25) is 5.91 Å². The molecule has 8 heterocycles. The van der Waals surface area contributed by atoms with Gasteiger partial charge in [0.25, 0.3) is 17.7 Å². The van der Waals surface area contributed by atoms with Crippen molar-refractivity contribution in [2.45, 2.75) is 13.8 Å². The summed E-state index contributed by atoms with van der Waals surface area (Å²) in [5.41, 5.74) is 11.4. The topological polar surface area (TPSA) is 336 Å². The number of hydrogen-bond donors (Lipinski definition) is 9. The standard InChI is InChI=1S/2C11H12N2O4.C9H9N3O3.C7H5NO3/c2*1-2-16-10(14)6-12-11(15)8-5-9-7(13-8)3-4-17-9;10-8(13)4-11-9(14)6-3-7-5(12-6)1-2-15-7;9-7(10)5-3-6-4(8-5)1-2-11-6/h2*3-5,13H,2,6H2,1H3,(H,12,15);1-3,12H,4H2,(H2,10,13)(H,11,14);1-3,8H,(H,9,10). The molecule has 0 aliphatic rings. The van der Waals surface area contributed by atoms with Crippen LogP contribution in [-0.2, 0) is 23.9 Å². The largest absolute Gasteiger partial charge is 0.477 e. The second kappa shape index (κ2) is 20.1. The lowest BCUT2D eigenvalue weighted by Crippen LogP contribution is -2.33. The van der Waals surface area contributed by atoms with Gasteiger partial charge in [0.1, 0.15) is 35.9 Å². The number of fused-ring (bicyclic) bond motifs is 4. The molecule has 0 radical (unpaired) electrons. The van der Waals surface area contributed by atoms with Crippen molar-refractivity contribution < 1.29 is 65.8 Å². The van der Waals surface area contributed by atoms with E-state index in [9.17, 15) is 33.6 Å². The van der Waals surface area contributed by atoms with Gasteiger partial charge in [0.15, 0.2) is 22.3 Å². The highest BCUT2D eigenvalue weighted by molar-refractivity contribution is 6.00. The van der Waals surface area contributed by atoms with Gasteiger partial charge >= 0.3 is 17.9 Å². The van der Waals surface area contributed by atoms with Crippen molar-refractivity contribution in [1.82, 2.24) is 35.9 Å². The third-order valence-corrected chi connectivity index (χ3v) is 7.74. The zero-order chi connectivity index (χ0) is 43.2. The monoisotopic (exact) mass is 830 g/mol. The highest BCUT2D eigenvalue weighted by Crippen LogP contribution is 2.18. The molecule has 0 aromatic carbocycles. The third-order valence-electron chi connectivity index (χ3n) is 7.74. The van der Waals surface area contributed by atoms with Crippen LogP contribution >= 0.6 is 0 Å². The Hall–Kier alpha value is -8.43. The number of furan rings is 4. The number of aromatic nitrogens is 4. The van der Waals surface area contributed by atoms with E-state index in [1.807, 2.05) is 0 Å². The molecule has 22 heteroatoms. The van der Waals surface area contributed by atoms with Crippen LogP contribution in [0.5, 0.6) is 0 Å². The fourth-order valence-corrected chi connectivity index (χ4v) is 5.06. The number of carboxylic acid groups (broad SMARTS) is 1. The van der Waals surface area contributed by atoms with Crippen LogP contribution in [-0.4, -0.2) is 99.4 Å². The molecule has 0 saturated heterocycles. The van der Waals surface area contributed by atoms with Crippen LogP contribution in [0.3, 0.4) is 0 Å². The number of nitrogens with one attached hydrogen (secondary N) is 7. The Morgan fingerprint density at radius 2 is 0.833 bits per heavy atom. The number of ether oxygens (including phenoxy) is 2. The van der Waals surface area contributed by atoms with Gasteiger partial charge in [0, 0.05) is 48.5 Å². The summed E-state index contributed by atoms with van der Waals surface area (Å²) in [5.74, 6) is -3.61. The van der Waals surface area contributed by atoms with E-state index >= 15 is 0 Å². The van der Waals surface area contributed by atoms with E-state index < -0.39 is 23.8 Å². The quantitative estimate of drug-likeness (QED) is 0.0796. The number of H-pyrrole nitrogens is 4. The summed E-state index contributed by atoms with van der Waals surface area (Å²) in [6, 6.07) is 13.0. The molecule has 4 amide bonds. The minimum atomic E-state index is -0.976. The Kier molecular flexibility index (Phi) is 14.3. The van der Waals surface area contributed by atoms with Gasteiger partial charge in [-0.25, -0.2) is 4.79 Å². The maximum absolute atomic E-state index is 11.6. The Morgan fingerprint density at radius 3 is 1.12 bits per heavy atom. The van der Waals surface area contributed by atoms with Gasteiger partial charge in [0.05, 0.1) is 66.9 Å². The van der Waals surface area contributed by atoms with E-state index in [4.69, 9.17) is 28.5 Å². The van der Waals surface area contributed by atoms with Crippen molar-refractivity contribution in [3.63, 3.8) is 0 Å². The Labute approximate surface area is 336 Å². The van der Waals surface area contributed by atoms with Crippen LogP contribution in [0.4, 0.5) is 0 Å². The Bertz CT molecular complexity index is 2520. The van der Waals surface area contributed by atoms with Gasteiger partial charge < -0.3 is 73.9 Å². The Morgan fingerprint density at radius 1 is 0.533 bits per heavy atom. The smallest absolute Gasteiger partial charge is 0.352 e. The van der Waals surface area contributed by atoms with Crippen molar-refractivity contribution in [3.8, 4) is 0 Å². The molecular formula is C38H38N8O14. The van der Waals surface area contributed by atoms with Crippen LogP contribution < -0.4 is 21.7 Å². The Balaban J connectivity index is 0.000000153. The molecule has 0 saturated carbocycles. The number of carbonyl (C=O) groups is 7. The minimum absolute atomic E-state index is 0.146. The van der Waals surface area contributed by atoms with Gasteiger partial charge in [-0.2, -0.15) is 0 Å². The molecule has 8 aromatic rings. The first-order valence-electron chi connectivity index (χ1n) is 17.8. The summed E-state index contributed by atoms with van der Waals surface area (Å²) in [6.45, 7) is 3.53. The molecule has 0 aliphatic heterocycles.